The standard InChI is InChI=1S/C47H27B3N2O/c48-45-41-25-35(15-22-42(41)51-47(50)46(45)49)30-13-18-37(19-14-30)52(36-16-11-29(12-17-36)34-10-9-28-5-1-2-6-31(28)23-34)38-20-21-39-40-24-32-7-3-4-8-33(32)26-43(40)53-44(39)27-38/h1-27H. The highest BCUT2D eigenvalue weighted by Crippen LogP contribution is 2.40. The van der Waals surface area contributed by atoms with E-state index in [1.165, 1.54) is 21.7 Å². The Morgan fingerprint density at radius 2 is 0.943 bits per heavy atom. The van der Waals surface area contributed by atoms with E-state index in [9.17, 15) is 0 Å². The molecule has 0 unspecified atom stereocenters. The molecule has 0 aliphatic rings. The first-order chi connectivity index (χ1) is 26.0. The van der Waals surface area contributed by atoms with Gasteiger partial charge in [0.15, 0.2) is 0 Å². The molecule has 0 N–H and O–H groups in total. The molecule has 240 valence electrons. The summed E-state index contributed by atoms with van der Waals surface area (Å²) < 4.78 is 6.51. The maximum atomic E-state index is 6.51. The largest absolute Gasteiger partial charge is 0.456 e. The molecule has 0 fully saturated rings. The zero-order valence-corrected chi connectivity index (χ0v) is 28.6. The number of pyridine rings is 1. The van der Waals surface area contributed by atoms with Gasteiger partial charge in [0.25, 0.3) is 0 Å². The summed E-state index contributed by atoms with van der Waals surface area (Å²) in [5.41, 5.74) is 10.8. The molecule has 0 spiro atoms. The van der Waals surface area contributed by atoms with Crippen LogP contribution in [-0.2, 0) is 0 Å². The van der Waals surface area contributed by atoms with Gasteiger partial charge in [-0.15, -0.1) is 0 Å². The van der Waals surface area contributed by atoms with Gasteiger partial charge in [0.2, 0.25) is 0 Å². The lowest BCUT2D eigenvalue weighted by Crippen LogP contribution is -2.41. The average molecular weight is 668 g/mol. The summed E-state index contributed by atoms with van der Waals surface area (Å²) >= 11 is 0. The van der Waals surface area contributed by atoms with Crippen LogP contribution < -0.4 is 21.4 Å². The number of fused-ring (bicyclic) bond motifs is 6. The van der Waals surface area contributed by atoms with Crippen LogP contribution in [0.1, 0.15) is 0 Å². The molecule has 53 heavy (non-hydrogen) atoms. The second-order valence-corrected chi connectivity index (χ2v) is 13.5. The van der Waals surface area contributed by atoms with Gasteiger partial charge in [0, 0.05) is 33.9 Å². The highest BCUT2D eigenvalue weighted by molar-refractivity contribution is 6.59. The van der Waals surface area contributed by atoms with Crippen molar-refractivity contribution in [2.24, 2.45) is 0 Å². The molecule has 0 saturated heterocycles. The molecule has 2 heterocycles. The van der Waals surface area contributed by atoms with E-state index in [0.717, 1.165) is 66.5 Å². The van der Waals surface area contributed by atoms with Crippen molar-refractivity contribution in [3.63, 3.8) is 0 Å². The minimum Gasteiger partial charge on any atom is -0.456 e. The van der Waals surface area contributed by atoms with E-state index in [-0.39, 0.29) is 5.59 Å². The van der Waals surface area contributed by atoms with Gasteiger partial charge in [-0.05, 0) is 122 Å². The molecule has 6 heteroatoms. The summed E-state index contributed by atoms with van der Waals surface area (Å²) in [5.74, 6) is 0. The topological polar surface area (TPSA) is 29.3 Å². The number of furan rings is 1. The molecular weight excluding hydrogens is 641 g/mol. The molecule has 0 saturated carbocycles. The van der Waals surface area contributed by atoms with E-state index < -0.39 is 0 Å². The van der Waals surface area contributed by atoms with Gasteiger partial charge in [0.1, 0.15) is 34.7 Å². The monoisotopic (exact) mass is 668 g/mol. The first-order valence-corrected chi connectivity index (χ1v) is 17.6. The number of hydrogen-bond donors (Lipinski definition) is 0. The van der Waals surface area contributed by atoms with Crippen LogP contribution in [0.25, 0.3) is 76.6 Å². The van der Waals surface area contributed by atoms with Crippen LogP contribution in [0.2, 0.25) is 0 Å². The van der Waals surface area contributed by atoms with Crippen LogP contribution >= 0.6 is 0 Å². The minimum atomic E-state index is 0.242. The lowest BCUT2D eigenvalue weighted by Gasteiger charge is -2.26. The van der Waals surface area contributed by atoms with E-state index in [1.54, 1.807) is 0 Å². The summed E-state index contributed by atoms with van der Waals surface area (Å²) in [6.07, 6.45) is 0. The van der Waals surface area contributed by atoms with Crippen molar-refractivity contribution in [1.82, 2.24) is 4.98 Å². The van der Waals surface area contributed by atoms with E-state index in [2.05, 4.69) is 155 Å². The highest BCUT2D eigenvalue weighted by Gasteiger charge is 2.17. The maximum Gasteiger partial charge on any atom is 0.140 e. The van der Waals surface area contributed by atoms with Crippen LogP contribution in [0.4, 0.5) is 17.1 Å². The third kappa shape index (κ3) is 5.38. The number of aromatic nitrogens is 1. The molecule has 2 aromatic heterocycles. The summed E-state index contributed by atoms with van der Waals surface area (Å²) in [5, 5.41) is 7.78. The quantitative estimate of drug-likeness (QED) is 0.171. The van der Waals surface area contributed by atoms with Gasteiger partial charge in [-0.2, -0.15) is 0 Å². The molecule has 10 rings (SSSR count). The minimum absolute atomic E-state index is 0.242. The molecule has 3 nitrogen and oxygen atoms in total. The fourth-order valence-electron chi connectivity index (χ4n) is 7.51. The van der Waals surface area contributed by atoms with E-state index in [0.29, 0.717) is 16.4 Å². The van der Waals surface area contributed by atoms with Crippen LogP contribution in [0, 0.1) is 0 Å². The van der Waals surface area contributed by atoms with Crippen LogP contribution in [0.15, 0.2) is 168 Å². The number of nitrogens with zero attached hydrogens (tertiary/aromatic N) is 2. The molecule has 0 atom stereocenters. The van der Waals surface area contributed by atoms with Gasteiger partial charge >= 0.3 is 0 Å². The smallest absolute Gasteiger partial charge is 0.140 e. The molecule has 0 aliphatic heterocycles. The Hall–Kier alpha value is -6.52. The molecule has 6 radical (unpaired) electrons. The van der Waals surface area contributed by atoms with Crippen LogP contribution in [-0.4, -0.2) is 28.5 Å². The lowest BCUT2D eigenvalue weighted by atomic mass is 9.73. The molecule has 0 amide bonds. The Kier molecular flexibility index (Phi) is 7.26. The average Bonchev–Trinajstić information content (AvgIpc) is 3.56. The summed E-state index contributed by atoms with van der Waals surface area (Å²) in [4.78, 5) is 6.69. The maximum absolute atomic E-state index is 6.51. The predicted octanol–water partition coefficient (Wildman–Crippen LogP) is 9.63. The van der Waals surface area contributed by atoms with Gasteiger partial charge in [0.05, 0.1) is 5.52 Å². The Balaban J connectivity index is 1.07. The fraction of sp³-hybridized carbons (Fsp3) is 0. The van der Waals surface area contributed by atoms with E-state index in [1.807, 2.05) is 18.2 Å². The SMILES string of the molecule is [B]c1nc2ccc(-c3ccc(N(c4ccc(-c5ccc6ccccc6c5)cc4)c4ccc5c(c4)oc4cc6ccccc6cc45)cc3)cc2c([B])c1[B]. The fourth-order valence-corrected chi connectivity index (χ4v) is 7.51. The third-order valence-electron chi connectivity index (χ3n) is 10.3. The van der Waals surface area contributed by atoms with Gasteiger partial charge in [-0.1, -0.05) is 102 Å². The lowest BCUT2D eigenvalue weighted by molar-refractivity contribution is 0.669. The number of anilines is 3. The van der Waals surface area contributed by atoms with Crippen molar-refractivity contribution in [2.45, 2.75) is 0 Å². The van der Waals surface area contributed by atoms with Gasteiger partial charge < -0.3 is 9.32 Å². The zero-order chi connectivity index (χ0) is 35.6. The Morgan fingerprint density at radius 1 is 0.396 bits per heavy atom. The molecular formula is C47H27B3N2O. The normalized spacial score (nSPS) is 11.6. The van der Waals surface area contributed by atoms with Crippen molar-refractivity contribution < 1.29 is 4.42 Å². The predicted molar refractivity (Wildman–Crippen MR) is 226 cm³/mol. The first kappa shape index (κ1) is 31.2. The summed E-state index contributed by atoms with van der Waals surface area (Å²) in [6, 6.07) is 57.6. The van der Waals surface area contributed by atoms with Crippen molar-refractivity contribution in [2.75, 3.05) is 4.90 Å². The Morgan fingerprint density at radius 3 is 1.64 bits per heavy atom. The summed E-state index contributed by atoms with van der Waals surface area (Å²) in [6.45, 7) is 0. The van der Waals surface area contributed by atoms with Crippen molar-refractivity contribution in [3.05, 3.63) is 164 Å². The van der Waals surface area contributed by atoms with Crippen LogP contribution in [0.5, 0.6) is 0 Å². The summed E-state index contributed by atoms with van der Waals surface area (Å²) in [7, 11) is 18.5. The third-order valence-corrected chi connectivity index (χ3v) is 10.3. The van der Waals surface area contributed by atoms with E-state index in [4.69, 9.17) is 28.0 Å². The molecule has 0 bridgehead atoms. The second kappa shape index (κ2) is 12.3. The first-order valence-electron chi connectivity index (χ1n) is 17.6. The molecule has 0 aliphatic carbocycles. The Labute approximate surface area is 310 Å². The zero-order valence-electron chi connectivity index (χ0n) is 28.6. The molecule has 10 aromatic rings. The van der Waals surface area contributed by atoms with E-state index >= 15 is 0 Å². The number of rotatable bonds is 5. The van der Waals surface area contributed by atoms with Gasteiger partial charge in [-0.3, -0.25) is 4.98 Å². The second-order valence-electron chi connectivity index (χ2n) is 13.5. The van der Waals surface area contributed by atoms with Gasteiger partial charge in [-0.25, -0.2) is 0 Å². The Bertz CT molecular complexity index is 3040. The number of hydrogen-bond acceptors (Lipinski definition) is 3. The van der Waals surface area contributed by atoms with Crippen molar-refractivity contribution in [1.29, 1.82) is 0 Å². The molecule has 8 aromatic carbocycles. The van der Waals surface area contributed by atoms with Crippen molar-refractivity contribution >= 4 is 112 Å². The van der Waals surface area contributed by atoms with Crippen LogP contribution in [0.3, 0.4) is 0 Å². The van der Waals surface area contributed by atoms with Crippen molar-refractivity contribution in [3.8, 4) is 22.3 Å². The highest BCUT2D eigenvalue weighted by atomic mass is 16.3. The number of benzene rings is 8.